The lowest BCUT2D eigenvalue weighted by Crippen LogP contribution is -2.34. The van der Waals surface area contributed by atoms with Crippen LogP contribution < -0.4 is 15.4 Å². The first kappa shape index (κ1) is 13.4. The fraction of sp³-hybridized carbons (Fsp3) is 0.600. The van der Waals surface area contributed by atoms with Crippen LogP contribution in [0.1, 0.15) is 18.4 Å². The van der Waals surface area contributed by atoms with Crippen molar-refractivity contribution in [1.29, 1.82) is 0 Å². The fourth-order valence-electron chi connectivity index (χ4n) is 2.42. The first-order valence-electron chi connectivity index (χ1n) is 6.93. The lowest BCUT2D eigenvalue weighted by Gasteiger charge is -2.22. The molecule has 1 aromatic rings. The van der Waals surface area contributed by atoms with Crippen molar-refractivity contribution >= 4 is 0 Å². The molecule has 0 amide bonds. The number of hydrogen-bond donors (Lipinski definition) is 2. The average molecular weight is 248 g/mol. The largest absolute Gasteiger partial charge is 0.497 e. The standard InChI is InChI=1S/C15H24N2O/c1-18-15-4-2-13(3-5-15)6-11-17-12-14-7-9-16-10-8-14/h2-5,14,16-17H,6-12H2,1H3. The molecule has 1 aromatic carbocycles. The molecule has 1 saturated heterocycles. The molecule has 2 N–H and O–H groups in total. The van der Waals surface area contributed by atoms with Crippen LogP contribution in [-0.2, 0) is 6.42 Å². The molecular weight excluding hydrogens is 224 g/mol. The Bertz CT molecular complexity index is 331. The summed E-state index contributed by atoms with van der Waals surface area (Å²) < 4.78 is 5.15. The van der Waals surface area contributed by atoms with Crippen LogP contribution in [0.4, 0.5) is 0 Å². The van der Waals surface area contributed by atoms with Crippen LogP contribution in [0.2, 0.25) is 0 Å². The SMILES string of the molecule is COc1ccc(CCNCC2CCNCC2)cc1. The molecule has 0 atom stereocenters. The van der Waals surface area contributed by atoms with Gasteiger partial charge in [-0.25, -0.2) is 0 Å². The molecule has 2 rings (SSSR count). The molecule has 0 saturated carbocycles. The zero-order valence-electron chi connectivity index (χ0n) is 11.2. The van der Waals surface area contributed by atoms with Gasteiger partial charge >= 0.3 is 0 Å². The van der Waals surface area contributed by atoms with E-state index in [0.717, 1.165) is 31.2 Å². The first-order chi connectivity index (χ1) is 8.88. The highest BCUT2D eigenvalue weighted by atomic mass is 16.5. The van der Waals surface area contributed by atoms with Gasteiger partial charge in [0.1, 0.15) is 5.75 Å². The Morgan fingerprint density at radius 3 is 2.61 bits per heavy atom. The molecule has 0 spiro atoms. The minimum absolute atomic E-state index is 0.863. The van der Waals surface area contributed by atoms with E-state index >= 15 is 0 Å². The van der Waals surface area contributed by atoms with Crippen LogP contribution >= 0.6 is 0 Å². The monoisotopic (exact) mass is 248 g/mol. The molecule has 0 radical (unpaired) electrons. The summed E-state index contributed by atoms with van der Waals surface area (Å²) >= 11 is 0. The van der Waals surface area contributed by atoms with E-state index in [0.29, 0.717) is 0 Å². The predicted octanol–water partition coefficient (Wildman–Crippen LogP) is 1.83. The minimum atomic E-state index is 0.863. The molecule has 1 aliphatic rings. The van der Waals surface area contributed by atoms with Gasteiger partial charge in [0.2, 0.25) is 0 Å². The van der Waals surface area contributed by atoms with Crippen LogP contribution in [-0.4, -0.2) is 33.3 Å². The van der Waals surface area contributed by atoms with E-state index in [1.54, 1.807) is 7.11 Å². The van der Waals surface area contributed by atoms with E-state index < -0.39 is 0 Å². The zero-order chi connectivity index (χ0) is 12.6. The molecular formula is C15H24N2O. The molecule has 0 aromatic heterocycles. The number of benzene rings is 1. The van der Waals surface area contributed by atoms with Gasteiger partial charge in [0.25, 0.3) is 0 Å². The Balaban J connectivity index is 1.62. The average Bonchev–Trinajstić information content (AvgIpc) is 2.45. The lowest BCUT2D eigenvalue weighted by atomic mass is 9.98. The van der Waals surface area contributed by atoms with E-state index in [1.165, 1.54) is 31.5 Å². The van der Waals surface area contributed by atoms with Crippen molar-refractivity contribution in [2.75, 3.05) is 33.3 Å². The smallest absolute Gasteiger partial charge is 0.118 e. The summed E-state index contributed by atoms with van der Waals surface area (Å²) in [6, 6.07) is 8.35. The number of piperidine rings is 1. The number of ether oxygens (including phenoxy) is 1. The van der Waals surface area contributed by atoms with Gasteiger partial charge in [-0.2, -0.15) is 0 Å². The fourth-order valence-corrected chi connectivity index (χ4v) is 2.42. The van der Waals surface area contributed by atoms with Gasteiger partial charge < -0.3 is 15.4 Å². The molecule has 1 heterocycles. The normalized spacial score (nSPS) is 16.7. The quantitative estimate of drug-likeness (QED) is 0.754. The first-order valence-corrected chi connectivity index (χ1v) is 6.93. The van der Waals surface area contributed by atoms with Crippen molar-refractivity contribution in [3.8, 4) is 5.75 Å². The van der Waals surface area contributed by atoms with Crippen LogP contribution in [0.25, 0.3) is 0 Å². The Morgan fingerprint density at radius 2 is 1.94 bits per heavy atom. The third-order valence-corrected chi connectivity index (χ3v) is 3.64. The molecule has 3 nitrogen and oxygen atoms in total. The molecule has 3 heteroatoms. The number of rotatable bonds is 6. The van der Waals surface area contributed by atoms with Crippen molar-refractivity contribution in [1.82, 2.24) is 10.6 Å². The van der Waals surface area contributed by atoms with Crippen molar-refractivity contribution in [3.63, 3.8) is 0 Å². The third kappa shape index (κ3) is 4.31. The molecule has 1 aliphatic heterocycles. The highest BCUT2D eigenvalue weighted by Crippen LogP contribution is 2.12. The second-order valence-electron chi connectivity index (χ2n) is 5.00. The third-order valence-electron chi connectivity index (χ3n) is 3.64. The molecule has 100 valence electrons. The van der Waals surface area contributed by atoms with Crippen LogP contribution in [0.3, 0.4) is 0 Å². The van der Waals surface area contributed by atoms with Crippen molar-refractivity contribution in [3.05, 3.63) is 29.8 Å². The van der Waals surface area contributed by atoms with Gasteiger partial charge in [-0.05, 0) is 69.1 Å². The topological polar surface area (TPSA) is 33.3 Å². The van der Waals surface area contributed by atoms with Gasteiger partial charge in [-0.3, -0.25) is 0 Å². The summed E-state index contributed by atoms with van der Waals surface area (Å²) in [5.74, 6) is 1.79. The van der Waals surface area contributed by atoms with Gasteiger partial charge in [-0.1, -0.05) is 12.1 Å². The maximum atomic E-state index is 5.15. The van der Waals surface area contributed by atoms with Crippen molar-refractivity contribution in [2.24, 2.45) is 5.92 Å². The lowest BCUT2D eigenvalue weighted by molar-refractivity contribution is 0.358. The molecule has 0 unspecified atom stereocenters. The molecule has 18 heavy (non-hydrogen) atoms. The summed E-state index contributed by atoms with van der Waals surface area (Å²) in [5, 5.41) is 6.98. The number of hydrogen-bond acceptors (Lipinski definition) is 3. The Hall–Kier alpha value is -1.06. The number of nitrogens with one attached hydrogen (secondary N) is 2. The molecule has 1 fully saturated rings. The Labute approximate surface area is 110 Å². The van der Waals surface area contributed by atoms with E-state index in [9.17, 15) is 0 Å². The summed E-state index contributed by atoms with van der Waals surface area (Å²) in [6.07, 6.45) is 3.72. The number of methoxy groups -OCH3 is 1. The maximum absolute atomic E-state index is 5.15. The van der Waals surface area contributed by atoms with Gasteiger partial charge in [0.15, 0.2) is 0 Å². The Morgan fingerprint density at radius 1 is 1.22 bits per heavy atom. The van der Waals surface area contributed by atoms with Gasteiger partial charge in [0, 0.05) is 0 Å². The summed E-state index contributed by atoms with van der Waals surface area (Å²) in [5.41, 5.74) is 1.37. The molecule has 0 aliphatic carbocycles. The predicted molar refractivity (Wildman–Crippen MR) is 75.2 cm³/mol. The van der Waals surface area contributed by atoms with E-state index in [-0.39, 0.29) is 0 Å². The van der Waals surface area contributed by atoms with Crippen molar-refractivity contribution < 1.29 is 4.74 Å². The second kappa shape index (κ2) is 7.39. The summed E-state index contributed by atoms with van der Waals surface area (Å²) in [7, 11) is 1.70. The highest BCUT2D eigenvalue weighted by Gasteiger charge is 2.11. The minimum Gasteiger partial charge on any atom is -0.497 e. The van der Waals surface area contributed by atoms with Gasteiger partial charge in [-0.15, -0.1) is 0 Å². The highest BCUT2D eigenvalue weighted by molar-refractivity contribution is 5.27. The maximum Gasteiger partial charge on any atom is 0.118 e. The van der Waals surface area contributed by atoms with Crippen molar-refractivity contribution in [2.45, 2.75) is 19.3 Å². The van der Waals surface area contributed by atoms with Crippen LogP contribution in [0.15, 0.2) is 24.3 Å². The van der Waals surface area contributed by atoms with Gasteiger partial charge in [0.05, 0.1) is 7.11 Å². The van der Waals surface area contributed by atoms with E-state index in [1.807, 2.05) is 12.1 Å². The Kier molecular flexibility index (Phi) is 5.49. The van der Waals surface area contributed by atoms with E-state index in [4.69, 9.17) is 4.74 Å². The van der Waals surface area contributed by atoms with Crippen LogP contribution in [0, 0.1) is 5.92 Å². The summed E-state index contributed by atoms with van der Waals surface area (Å²) in [6.45, 7) is 4.60. The summed E-state index contributed by atoms with van der Waals surface area (Å²) in [4.78, 5) is 0. The van der Waals surface area contributed by atoms with E-state index in [2.05, 4.69) is 22.8 Å². The zero-order valence-corrected chi connectivity index (χ0v) is 11.2. The van der Waals surface area contributed by atoms with Crippen LogP contribution in [0.5, 0.6) is 5.75 Å². The molecule has 0 bridgehead atoms. The second-order valence-corrected chi connectivity index (χ2v) is 5.00.